The maximum Gasteiger partial charge on any atom is 0.338 e. The first kappa shape index (κ1) is 19.7. The van der Waals surface area contributed by atoms with Crippen molar-refractivity contribution in [3.63, 3.8) is 0 Å². The van der Waals surface area contributed by atoms with Gasteiger partial charge in [0.25, 0.3) is 0 Å². The predicted octanol–water partition coefficient (Wildman–Crippen LogP) is 3.64. The smallest absolute Gasteiger partial charge is 0.306 e. The molecule has 2 rings (SSSR count). The van der Waals surface area contributed by atoms with Crippen LogP contribution in [-0.4, -0.2) is 27.5 Å². The minimum Gasteiger partial charge on any atom is -0.306 e. The molecule has 0 saturated carbocycles. The van der Waals surface area contributed by atoms with Gasteiger partial charge in [-0.15, -0.1) is 0 Å². The number of nitrogens with one attached hydrogen (secondary N) is 2. The molecule has 0 atom stereocenters. The van der Waals surface area contributed by atoms with Crippen molar-refractivity contribution >= 4 is 40.7 Å². The lowest BCUT2D eigenvalue weighted by Gasteiger charge is -2.30. The van der Waals surface area contributed by atoms with Crippen LogP contribution < -0.4 is 15.8 Å². The van der Waals surface area contributed by atoms with E-state index in [2.05, 4.69) is 25.7 Å². The van der Waals surface area contributed by atoms with Gasteiger partial charge in [0, 0.05) is 24.5 Å². The lowest BCUT2D eigenvalue weighted by molar-refractivity contribution is 0.249. The summed E-state index contributed by atoms with van der Waals surface area (Å²) in [6.45, 7) is 6.47. The molecule has 26 heavy (non-hydrogen) atoms. The van der Waals surface area contributed by atoms with Crippen LogP contribution in [0.3, 0.4) is 0 Å². The van der Waals surface area contributed by atoms with E-state index >= 15 is 0 Å². The minimum absolute atomic E-state index is 0.0105. The van der Waals surface area contributed by atoms with E-state index in [-0.39, 0.29) is 21.5 Å². The van der Waals surface area contributed by atoms with E-state index in [1.807, 2.05) is 26.8 Å². The van der Waals surface area contributed by atoms with Crippen LogP contribution >= 0.6 is 23.2 Å². The summed E-state index contributed by atoms with van der Waals surface area (Å²) < 4.78 is 0. The Balaban J connectivity index is 2.20. The number of nitriles is 1. The summed E-state index contributed by atoms with van der Waals surface area (Å²) in [5.41, 5.74) is 2.94. The summed E-state index contributed by atoms with van der Waals surface area (Å²) in [6.07, 6.45) is 1.46. The number of hydrogen-bond acceptors (Lipinski definition) is 6. The molecule has 0 saturated heterocycles. The van der Waals surface area contributed by atoms with Gasteiger partial charge in [0.1, 0.15) is 16.4 Å². The number of carbonyl (C=O) groups excluding carboxylic acids is 1. The van der Waals surface area contributed by atoms with Crippen molar-refractivity contribution in [1.29, 1.82) is 5.26 Å². The molecule has 0 spiro atoms. The standard InChI is InChI=1S/C16H17Cl2N7O/c1-16(2,3)9-25(14-4-5-20-13(8-19)23-14)24-15(26)21-10-6-11(17)22-12(18)7-10/h4-7H,9H2,1-3H3,(H2,21,22,24,26). The van der Waals surface area contributed by atoms with E-state index < -0.39 is 6.03 Å². The average molecular weight is 394 g/mol. The third-order valence-electron chi connectivity index (χ3n) is 2.91. The van der Waals surface area contributed by atoms with Crippen molar-refractivity contribution in [2.75, 3.05) is 16.9 Å². The molecule has 8 nitrogen and oxygen atoms in total. The summed E-state index contributed by atoms with van der Waals surface area (Å²) in [4.78, 5) is 24.2. The molecule has 2 aromatic rings. The summed E-state index contributed by atoms with van der Waals surface area (Å²) in [5.74, 6) is 0.406. The first-order chi connectivity index (χ1) is 12.2. The second kappa shape index (κ2) is 8.17. The van der Waals surface area contributed by atoms with Crippen LogP contribution in [0.4, 0.5) is 16.3 Å². The number of urea groups is 1. The number of nitrogens with zero attached hydrogens (tertiary/aromatic N) is 5. The highest BCUT2D eigenvalue weighted by Crippen LogP contribution is 2.20. The molecule has 0 radical (unpaired) electrons. The molecule has 0 aromatic carbocycles. The van der Waals surface area contributed by atoms with Crippen LogP contribution in [0.1, 0.15) is 26.6 Å². The number of rotatable bonds is 4. The number of aromatic nitrogens is 3. The monoisotopic (exact) mass is 393 g/mol. The van der Waals surface area contributed by atoms with Gasteiger partial charge in [-0.25, -0.2) is 20.2 Å². The van der Waals surface area contributed by atoms with E-state index in [0.717, 1.165) is 0 Å². The Bertz CT molecular complexity index is 825. The first-order valence-electron chi connectivity index (χ1n) is 7.58. The van der Waals surface area contributed by atoms with Gasteiger partial charge in [0.2, 0.25) is 5.82 Å². The van der Waals surface area contributed by atoms with Gasteiger partial charge in [-0.2, -0.15) is 10.2 Å². The lowest BCUT2D eigenvalue weighted by atomic mass is 9.97. The molecule has 2 N–H and O–H groups in total. The van der Waals surface area contributed by atoms with Crippen LogP contribution in [0.2, 0.25) is 10.3 Å². The maximum atomic E-state index is 12.4. The predicted molar refractivity (Wildman–Crippen MR) is 100.0 cm³/mol. The molecule has 2 aromatic heterocycles. The number of halogens is 2. The van der Waals surface area contributed by atoms with Gasteiger partial charge in [-0.1, -0.05) is 44.0 Å². The van der Waals surface area contributed by atoms with Crippen LogP contribution in [0, 0.1) is 16.7 Å². The largest absolute Gasteiger partial charge is 0.338 e. The summed E-state index contributed by atoms with van der Waals surface area (Å²) in [7, 11) is 0. The highest BCUT2D eigenvalue weighted by molar-refractivity contribution is 6.32. The van der Waals surface area contributed by atoms with E-state index in [0.29, 0.717) is 18.1 Å². The Morgan fingerprint density at radius 3 is 2.50 bits per heavy atom. The Morgan fingerprint density at radius 2 is 1.92 bits per heavy atom. The molecule has 0 aliphatic heterocycles. The minimum atomic E-state index is -0.523. The number of pyridine rings is 1. The molecule has 2 heterocycles. The molecule has 136 valence electrons. The number of amides is 2. The van der Waals surface area contributed by atoms with E-state index in [9.17, 15) is 4.79 Å². The first-order valence-corrected chi connectivity index (χ1v) is 8.33. The third-order valence-corrected chi connectivity index (χ3v) is 3.29. The van der Waals surface area contributed by atoms with Gasteiger partial charge >= 0.3 is 6.03 Å². The Kier molecular flexibility index (Phi) is 6.18. The van der Waals surface area contributed by atoms with E-state index in [1.54, 1.807) is 11.1 Å². The van der Waals surface area contributed by atoms with Crippen LogP contribution in [0.25, 0.3) is 0 Å². The van der Waals surface area contributed by atoms with Gasteiger partial charge in [0.15, 0.2) is 5.82 Å². The summed E-state index contributed by atoms with van der Waals surface area (Å²) in [6, 6.07) is 5.90. The second-order valence-electron chi connectivity index (χ2n) is 6.56. The van der Waals surface area contributed by atoms with Crippen LogP contribution in [0.5, 0.6) is 0 Å². The number of carbonyl (C=O) groups is 1. The zero-order valence-corrected chi connectivity index (χ0v) is 15.9. The van der Waals surface area contributed by atoms with E-state index in [4.69, 9.17) is 28.5 Å². The highest BCUT2D eigenvalue weighted by atomic mass is 35.5. The quantitative estimate of drug-likeness (QED) is 0.606. The van der Waals surface area contributed by atoms with Crippen molar-refractivity contribution in [1.82, 2.24) is 20.4 Å². The molecular formula is C16H17Cl2N7O. The summed E-state index contributed by atoms with van der Waals surface area (Å²) >= 11 is 11.7. The van der Waals surface area contributed by atoms with Crippen molar-refractivity contribution in [2.24, 2.45) is 5.41 Å². The highest BCUT2D eigenvalue weighted by Gasteiger charge is 2.20. The molecule has 0 unspecified atom stereocenters. The number of hydrogen-bond donors (Lipinski definition) is 2. The van der Waals surface area contributed by atoms with Crippen molar-refractivity contribution < 1.29 is 4.79 Å². The Morgan fingerprint density at radius 1 is 1.27 bits per heavy atom. The Labute approximate surface area is 161 Å². The average Bonchev–Trinajstić information content (AvgIpc) is 2.52. The van der Waals surface area contributed by atoms with Gasteiger partial charge in [-0.3, -0.25) is 5.01 Å². The SMILES string of the molecule is CC(C)(C)CN(NC(=O)Nc1cc(Cl)nc(Cl)c1)c1ccnc(C#N)n1. The third kappa shape index (κ3) is 6.02. The van der Waals surface area contributed by atoms with Crippen molar-refractivity contribution in [3.05, 3.63) is 40.5 Å². The zero-order chi connectivity index (χ0) is 19.3. The van der Waals surface area contributed by atoms with Crippen molar-refractivity contribution in [3.8, 4) is 6.07 Å². The fourth-order valence-electron chi connectivity index (χ4n) is 2.02. The van der Waals surface area contributed by atoms with Gasteiger partial charge in [0.05, 0.1) is 0 Å². The molecule has 0 fully saturated rings. The van der Waals surface area contributed by atoms with Crippen LogP contribution in [0.15, 0.2) is 24.4 Å². The maximum absolute atomic E-state index is 12.4. The van der Waals surface area contributed by atoms with Gasteiger partial charge < -0.3 is 5.32 Å². The molecule has 0 aliphatic rings. The normalized spacial score (nSPS) is 10.8. The summed E-state index contributed by atoms with van der Waals surface area (Å²) in [5, 5.41) is 13.5. The lowest BCUT2D eigenvalue weighted by Crippen LogP contribution is -2.48. The van der Waals surface area contributed by atoms with E-state index in [1.165, 1.54) is 18.3 Å². The Hall–Kier alpha value is -2.63. The fraction of sp³-hybridized carbons (Fsp3) is 0.312. The topological polar surface area (TPSA) is 107 Å². The number of anilines is 2. The fourth-order valence-corrected chi connectivity index (χ4v) is 2.48. The van der Waals surface area contributed by atoms with Crippen LogP contribution in [-0.2, 0) is 0 Å². The molecular weight excluding hydrogens is 377 g/mol. The zero-order valence-electron chi connectivity index (χ0n) is 14.4. The van der Waals surface area contributed by atoms with Gasteiger partial charge in [-0.05, 0) is 17.5 Å². The molecule has 0 bridgehead atoms. The molecule has 10 heteroatoms. The second-order valence-corrected chi connectivity index (χ2v) is 7.34. The molecule has 2 amide bonds. The molecule has 0 aliphatic carbocycles. The van der Waals surface area contributed by atoms with Crippen molar-refractivity contribution in [2.45, 2.75) is 20.8 Å². The number of hydrazine groups is 1.